The second-order valence-electron chi connectivity index (χ2n) is 10.8. The average molecular weight is 516 g/mol. The Balaban J connectivity index is 1.47. The lowest BCUT2D eigenvalue weighted by atomic mass is 9.81. The highest BCUT2D eigenvalue weighted by Crippen LogP contribution is 2.52. The molecule has 0 unspecified atom stereocenters. The van der Waals surface area contributed by atoms with E-state index in [9.17, 15) is 0 Å². The van der Waals surface area contributed by atoms with Gasteiger partial charge < -0.3 is 0 Å². The van der Waals surface area contributed by atoms with Crippen LogP contribution in [0.25, 0.3) is 61.5 Å². The fraction of sp³-hybridized carbons (Fsp3) is 0.0857. The van der Waals surface area contributed by atoms with Crippen molar-refractivity contribution in [3.05, 3.63) is 127 Å². The zero-order chi connectivity index (χ0) is 26.8. The lowest BCUT2D eigenvalue weighted by Gasteiger charge is -2.22. The SMILES string of the molecule is CC1(C)c2ccccc2-c2ccc3c(c21)c1ncncc1n3-c1cc(-c2ccccc2)nc(-c2ccccc2)n1. The molecule has 0 atom stereocenters. The summed E-state index contributed by atoms with van der Waals surface area (Å²) in [5.41, 5.74) is 10.8. The van der Waals surface area contributed by atoms with Crippen LogP contribution in [0.1, 0.15) is 25.0 Å². The molecule has 3 heterocycles. The van der Waals surface area contributed by atoms with E-state index in [0.29, 0.717) is 5.82 Å². The molecule has 0 radical (unpaired) electrons. The summed E-state index contributed by atoms with van der Waals surface area (Å²) in [6.07, 6.45) is 3.54. The van der Waals surface area contributed by atoms with Gasteiger partial charge in [-0.25, -0.2) is 19.9 Å². The predicted octanol–water partition coefficient (Wildman–Crippen LogP) is 8.00. The monoisotopic (exact) mass is 515 g/mol. The molecule has 0 amide bonds. The minimum Gasteiger partial charge on any atom is -0.290 e. The number of hydrogen-bond acceptors (Lipinski definition) is 4. The third-order valence-electron chi connectivity index (χ3n) is 8.15. The molecular formula is C35H25N5. The van der Waals surface area contributed by atoms with Crippen LogP contribution in [0.2, 0.25) is 0 Å². The molecule has 5 nitrogen and oxygen atoms in total. The van der Waals surface area contributed by atoms with Crippen molar-refractivity contribution in [1.82, 2.24) is 24.5 Å². The van der Waals surface area contributed by atoms with Crippen LogP contribution in [-0.2, 0) is 5.41 Å². The number of aromatic nitrogens is 5. The molecule has 0 aliphatic heterocycles. The van der Waals surface area contributed by atoms with E-state index in [1.54, 1.807) is 6.33 Å². The molecule has 0 N–H and O–H groups in total. The zero-order valence-electron chi connectivity index (χ0n) is 22.2. The van der Waals surface area contributed by atoms with E-state index < -0.39 is 0 Å². The second kappa shape index (κ2) is 8.42. The first-order valence-electron chi connectivity index (χ1n) is 13.5. The topological polar surface area (TPSA) is 56.5 Å². The van der Waals surface area contributed by atoms with Crippen LogP contribution in [-0.4, -0.2) is 24.5 Å². The molecule has 7 aromatic rings. The molecule has 0 fully saturated rings. The lowest BCUT2D eigenvalue weighted by molar-refractivity contribution is 0.666. The molecule has 5 heteroatoms. The molecule has 1 aliphatic rings. The van der Waals surface area contributed by atoms with Crippen LogP contribution in [0.15, 0.2) is 116 Å². The molecule has 0 spiro atoms. The number of rotatable bonds is 3. The smallest absolute Gasteiger partial charge is 0.162 e. The Bertz CT molecular complexity index is 2020. The highest BCUT2D eigenvalue weighted by molar-refractivity contribution is 6.12. The Kier molecular flexibility index (Phi) is 4.80. The summed E-state index contributed by atoms with van der Waals surface area (Å²) in [5.74, 6) is 1.47. The summed E-state index contributed by atoms with van der Waals surface area (Å²) in [6.45, 7) is 4.63. The summed E-state index contributed by atoms with van der Waals surface area (Å²) in [7, 11) is 0. The number of hydrogen-bond donors (Lipinski definition) is 0. The van der Waals surface area contributed by atoms with Gasteiger partial charge in [0.15, 0.2) is 5.82 Å². The first-order valence-corrected chi connectivity index (χ1v) is 13.5. The maximum atomic E-state index is 5.14. The van der Waals surface area contributed by atoms with Crippen LogP contribution in [0.5, 0.6) is 0 Å². The number of fused-ring (bicyclic) bond motifs is 7. The van der Waals surface area contributed by atoms with Gasteiger partial charge in [-0.15, -0.1) is 0 Å². The Morgan fingerprint density at radius 3 is 2.20 bits per heavy atom. The molecule has 8 rings (SSSR count). The van der Waals surface area contributed by atoms with Gasteiger partial charge in [0.25, 0.3) is 0 Å². The molecular weight excluding hydrogens is 490 g/mol. The summed E-state index contributed by atoms with van der Waals surface area (Å²) < 4.78 is 2.20. The van der Waals surface area contributed by atoms with E-state index in [2.05, 4.69) is 90.1 Å². The highest BCUT2D eigenvalue weighted by atomic mass is 15.1. The van der Waals surface area contributed by atoms with Crippen molar-refractivity contribution >= 4 is 21.9 Å². The lowest BCUT2D eigenvalue weighted by Crippen LogP contribution is -2.15. The van der Waals surface area contributed by atoms with Crippen molar-refractivity contribution in [2.45, 2.75) is 19.3 Å². The van der Waals surface area contributed by atoms with E-state index in [4.69, 9.17) is 15.0 Å². The van der Waals surface area contributed by atoms with Crippen molar-refractivity contribution in [1.29, 1.82) is 0 Å². The predicted molar refractivity (Wildman–Crippen MR) is 160 cm³/mol. The molecule has 0 saturated heterocycles. The average Bonchev–Trinajstić information content (AvgIpc) is 3.47. The Hall–Kier alpha value is -5.16. The zero-order valence-corrected chi connectivity index (χ0v) is 22.2. The summed E-state index contributed by atoms with van der Waals surface area (Å²) in [6, 6.07) is 35.7. The van der Waals surface area contributed by atoms with Gasteiger partial charge in [-0.05, 0) is 28.3 Å². The maximum Gasteiger partial charge on any atom is 0.162 e. The highest BCUT2D eigenvalue weighted by Gasteiger charge is 2.38. The van der Waals surface area contributed by atoms with Gasteiger partial charge in [0.05, 0.1) is 22.9 Å². The third-order valence-corrected chi connectivity index (χ3v) is 8.15. The first-order chi connectivity index (χ1) is 19.6. The normalized spacial score (nSPS) is 13.4. The van der Waals surface area contributed by atoms with Gasteiger partial charge in [-0.2, -0.15) is 0 Å². The van der Waals surface area contributed by atoms with E-state index in [-0.39, 0.29) is 5.41 Å². The van der Waals surface area contributed by atoms with Gasteiger partial charge in [0, 0.05) is 28.0 Å². The first kappa shape index (κ1) is 22.8. The molecule has 0 bridgehead atoms. The molecule has 1 aliphatic carbocycles. The van der Waals surface area contributed by atoms with E-state index in [1.165, 1.54) is 22.3 Å². The van der Waals surface area contributed by atoms with Gasteiger partial charge in [-0.3, -0.25) is 4.57 Å². The van der Waals surface area contributed by atoms with Crippen LogP contribution in [0.4, 0.5) is 0 Å². The van der Waals surface area contributed by atoms with Gasteiger partial charge in [-0.1, -0.05) is 105 Å². The van der Waals surface area contributed by atoms with Crippen LogP contribution >= 0.6 is 0 Å². The fourth-order valence-corrected chi connectivity index (χ4v) is 6.37. The summed E-state index contributed by atoms with van der Waals surface area (Å²) in [4.78, 5) is 19.4. The minimum absolute atomic E-state index is 0.175. The molecule has 0 saturated carbocycles. The second-order valence-corrected chi connectivity index (χ2v) is 10.8. The van der Waals surface area contributed by atoms with Crippen molar-refractivity contribution in [3.8, 4) is 39.6 Å². The Morgan fingerprint density at radius 2 is 1.40 bits per heavy atom. The van der Waals surface area contributed by atoms with Crippen LogP contribution in [0, 0.1) is 0 Å². The van der Waals surface area contributed by atoms with E-state index in [0.717, 1.165) is 44.6 Å². The van der Waals surface area contributed by atoms with Crippen molar-refractivity contribution in [3.63, 3.8) is 0 Å². The minimum atomic E-state index is -0.175. The van der Waals surface area contributed by atoms with E-state index >= 15 is 0 Å². The van der Waals surface area contributed by atoms with Crippen molar-refractivity contribution < 1.29 is 0 Å². The number of benzene rings is 4. The Labute approximate surface area is 231 Å². The van der Waals surface area contributed by atoms with E-state index in [1.807, 2.05) is 42.6 Å². The largest absolute Gasteiger partial charge is 0.290 e. The standard InChI is InChI=1S/C35H25N5/c1-35(2)26-16-10-9-15-24(26)25-17-18-28-31(32(25)35)33-29(20-36-21-37-33)40(28)30-19-27(22-11-5-3-6-12-22)38-34(39-30)23-13-7-4-8-14-23/h3-21H,1-2H3. The molecule has 4 aromatic carbocycles. The van der Waals surface area contributed by atoms with Gasteiger partial charge >= 0.3 is 0 Å². The molecule has 190 valence electrons. The van der Waals surface area contributed by atoms with Gasteiger partial charge in [0.1, 0.15) is 17.7 Å². The van der Waals surface area contributed by atoms with Gasteiger partial charge in [0.2, 0.25) is 0 Å². The summed E-state index contributed by atoms with van der Waals surface area (Å²) in [5, 5.41) is 1.15. The maximum absolute atomic E-state index is 5.14. The molecule has 3 aromatic heterocycles. The third kappa shape index (κ3) is 3.21. The quantitative estimate of drug-likeness (QED) is 0.239. The number of nitrogens with zero attached hydrogens (tertiary/aromatic N) is 5. The summed E-state index contributed by atoms with van der Waals surface area (Å²) >= 11 is 0. The van der Waals surface area contributed by atoms with Crippen molar-refractivity contribution in [2.24, 2.45) is 0 Å². The Morgan fingerprint density at radius 1 is 0.675 bits per heavy atom. The van der Waals surface area contributed by atoms with Crippen LogP contribution in [0.3, 0.4) is 0 Å². The van der Waals surface area contributed by atoms with Crippen LogP contribution < -0.4 is 0 Å². The van der Waals surface area contributed by atoms with Crippen molar-refractivity contribution in [2.75, 3.05) is 0 Å². The fourth-order valence-electron chi connectivity index (χ4n) is 6.37. The molecule has 40 heavy (non-hydrogen) atoms.